The second kappa shape index (κ2) is 10.2. The van der Waals surface area contributed by atoms with Crippen molar-refractivity contribution in [3.63, 3.8) is 0 Å². The molecule has 0 aliphatic carbocycles. The molecule has 7 heteroatoms. The van der Waals surface area contributed by atoms with E-state index in [9.17, 15) is 0 Å². The van der Waals surface area contributed by atoms with Gasteiger partial charge in [-0.05, 0) is 50.1 Å². The maximum atomic E-state index is 7.16. The van der Waals surface area contributed by atoms with Gasteiger partial charge in [0, 0.05) is 12.8 Å². The molecule has 0 bridgehead atoms. The van der Waals surface area contributed by atoms with Crippen molar-refractivity contribution in [2.45, 2.75) is 102 Å². The van der Waals surface area contributed by atoms with Crippen LogP contribution in [0.4, 0.5) is 0 Å². The molecule has 2 heterocycles. The molecule has 2 aliphatic rings. The van der Waals surface area contributed by atoms with Crippen molar-refractivity contribution in [3.05, 3.63) is 0 Å². The first kappa shape index (κ1) is 22.6. The minimum atomic E-state index is -1.85. The number of rotatable bonds is 12. The van der Waals surface area contributed by atoms with E-state index in [-0.39, 0.29) is 0 Å². The first-order valence-corrected chi connectivity index (χ1v) is 16.8. The average molecular weight is 413 g/mol. The van der Waals surface area contributed by atoms with Gasteiger partial charge in [0.2, 0.25) is 0 Å². The second-order valence-corrected chi connectivity index (χ2v) is 18.0. The van der Waals surface area contributed by atoms with Gasteiger partial charge in [0.1, 0.15) is 13.2 Å². The summed E-state index contributed by atoms with van der Waals surface area (Å²) in [5.74, 6) is 0. The van der Waals surface area contributed by atoms with E-state index in [4.69, 9.17) is 13.8 Å². The Bertz CT molecular complexity index is 489. The van der Waals surface area contributed by atoms with Crippen molar-refractivity contribution in [2.24, 2.45) is 10.3 Å². The lowest BCUT2D eigenvalue weighted by Gasteiger charge is -2.43. The Morgan fingerprint density at radius 3 is 1.52 bits per heavy atom. The normalized spacial score (nSPS) is 19.9. The summed E-state index contributed by atoms with van der Waals surface area (Å²) in [7, 11) is -3.70. The Morgan fingerprint density at radius 1 is 0.815 bits per heavy atom. The van der Waals surface area contributed by atoms with Gasteiger partial charge in [0.05, 0.1) is 11.4 Å². The highest BCUT2D eigenvalue weighted by atomic mass is 28.4. The van der Waals surface area contributed by atoms with Crippen LogP contribution in [0.3, 0.4) is 0 Å². The summed E-state index contributed by atoms with van der Waals surface area (Å²) in [6.45, 7) is 15.8. The molecule has 0 aromatic heterocycles. The standard InChI is InChI=1S/C20H40N2O3Si2/c1-7-9-19(15-17-11-13-23-21-17)26(3,4)25-27(5,6)20(10-8-2)16-18-12-14-24-22-18/h19-20H,7-16H2,1-6H3/t19-,20-/m0/s1. The molecule has 27 heavy (non-hydrogen) atoms. The van der Waals surface area contributed by atoms with Crippen LogP contribution in [0.2, 0.25) is 37.3 Å². The zero-order chi connectivity index (χ0) is 19.9. The first-order valence-electron chi connectivity index (χ1n) is 10.8. The minimum Gasteiger partial charge on any atom is -0.455 e. The van der Waals surface area contributed by atoms with E-state index in [1.54, 1.807) is 0 Å². The maximum absolute atomic E-state index is 7.16. The van der Waals surface area contributed by atoms with Crippen LogP contribution in [0, 0.1) is 0 Å². The van der Waals surface area contributed by atoms with Gasteiger partial charge in [-0.15, -0.1) is 0 Å². The van der Waals surface area contributed by atoms with Crippen LogP contribution < -0.4 is 0 Å². The van der Waals surface area contributed by atoms with Crippen molar-refractivity contribution >= 4 is 28.1 Å². The van der Waals surface area contributed by atoms with Gasteiger partial charge in [-0.3, -0.25) is 0 Å². The van der Waals surface area contributed by atoms with Gasteiger partial charge >= 0.3 is 0 Å². The predicted molar refractivity (Wildman–Crippen MR) is 119 cm³/mol. The average Bonchev–Trinajstić information content (AvgIpc) is 3.26. The zero-order valence-electron chi connectivity index (χ0n) is 18.3. The monoisotopic (exact) mass is 412 g/mol. The first-order chi connectivity index (χ1) is 12.8. The molecule has 0 fully saturated rings. The van der Waals surface area contributed by atoms with E-state index >= 15 is 0 Å². The molecule has 0 saturated carbocycles. The van der Waals surface area contributed by atoms with Crippen molar-refractivity contribution in [1.29, 1.82) is 0 Å². The van der Waals surface area contributed by atoms with Crippen LogP contribution >= 0.6 is 0 Å². The van der Waals surface area contributed by atoms with Crippen LogP contribution in [0.15, 0.2) is 10.3 Å². The summed E-state index contributed by atoms with van der Waals surface area (Å²) in [6, 6.07) is 0. The van der Waals surface area contributed by atoms with E-state index in [0.717, 1.165) is 38.9 Å². The van der Waals surface area contributed by atoms with E-state index < -0.39 is 16.6 Å². The highest BCUT2D eigenvalue weighted by Gasteiger charge is 2.43. The lowest BCUT2D eigenvalue weighted by molar-refractivity contribution is 0.173. The fourth-order valence-electron chi connectivity index (χ4n) is 4.47. The van der Waals surface area contributed by atoms with Gasteiger partial charge in [-0.2, -0.15) is 0 Å². The van der Waals surface area contributed by atoms with Crippen LogP contribution in [0.25, 0.3) is 0 Å². The highest BCUT2D eigenvalue weighted by Crippen LogP contribution is 2.40. The third-order valence-electron chi connectivity index (χ3n) is 6.08. The SMILES string of the molecule is CCC[C@@H](CC1=NOCC1)[Si](C)(C)O[Si](C)(C)[C@@H](CCC)CC1=NOCC1. The van der Waals surface area contributed by atoms with Gasteiger partial charge < -0.3 is 13.8 Å². The largest absolute Gasteiger partial charge is 0.455 e. The van der Waals surface area contributed by atoms with Crippen LogP contribution in [-0.4, -0.2) is 41.3 Å². The molecule has 0 saturated heterocycles. The number of nitrogens with zero attached hydrogens (tertiary/aromatic N) is 2. The summed E-state index contributed by atoms with van der Waals surface area (Å²) >= 11 is 0. The molecule has 2 atom stereocenters. The lowest BCUT2D eigenvalue weighted by atomic mass is 10.1. The molecule has 2 rings (SSSR count). The molecule has 0 radical (unpaired) electrons. The summed E-state index contributed by atoms with van der Waals surface area (Å²) in [5.41, 5.74) is 3.70. The van der Waals surface area contributed by atoms with Crippen molar-refractivity contribution in [1.82, 2.24) is 0 Å². The number of hydrogen-bond donors (Lipinski definition) is 0. The van der Waals surface area contributed by atoms with Crippen LogP contribution in [-0.2, 0) is 13.8 Å². The van der Waals surface area contributed by atoms with Gasteiger partial charge in [0.15, 0.2) is 16.6 Å². The minimum absolute atomic E-state index is 0.615. The van der Waals surface area contributed by atoms with E-state index in [1.165, 1.54) is 37.1 Å². The van der Waals surface area contributed by atoms with E-state index in [1.807, 2.05) is 0 Å². The summed E-state index contributed by atoms with van der Waals surface area (Å²) < 4.78 is 7.16. The smallest absolute Gasteiger partial charge is 0.176 e. The van der Waals surface area contributed by atoms with Crippen molar-refractivity contribution in [2.75, 3.05) is 13.2 Å². The topological polar surface area (TPSA) is 52.4 Å². The Hall–Kier alpha value is -0.666. The van der Waals surface area contributed by atoms with Crippen molar-refractivity contribution in [3.8, 4) is 0 Å². The highest BCUT2D eigenvalue weighted by molar-refractivity contribution is 6.86. The predicted octanol–water partition coefficient (Wildman–Crippen LogP) is 6.09. The number of hydrogen-bond acceptors (Lipinski definition) is 5. The zero-order valence-corrected chi connectivity index (χ0v) is 20.3. The third kappa shape index (κ3) is 6.71. The third-order valence-corrected chi connectivity index (χ3v) is 15.2. The molecular weight excluding hydrogens is 372 g/mol. The Kier molecular flexibility index (Phi) is 8.55. The molecule has 0 N–H and O–H groups in total. The summed E-state index contributed by atoms with van der Waals surface area (Å²) in [6.07, 6.45) is 8.93. The van der Waals surface area contributed by atoms with Gasteiger partial charge in [-0.25, -0.2) is 0 Å². The molecule has 0 unspecified atom stereocenters. The van der Waals surface area contributed by atoms with Crippen molar-refractivity contribution < 1.29 is 13.8 Å². The van der Waals surface area contributed by atoms with E-state index in [2.05, 4.69) is 50.3 Å². The Labute approximate surface area is 168 Å². The molecule has 2 aliphatic heterocycles. The Balaban J connectivity index is 2.08. The number of oxime groups is 2. The van der Waals surface area contributed by atoms with Gasteiger partial charge in [-0.1, -0.05) is 49.8 Å². The van der Waals surface area contributed by atoms with Crippen LogP contribution in [0.1, 0.15) is 65.2 Å². The van der Waals surface area contributed by atoms with E-state index in [0.29, 0.717) is 11.1 Å². The fourth-order valence-corrected chi connectivity index (χ4v) is 14.7. The fraction of sp³-hybridized carbons (Fsp3) is 0.900. The Morgan fingerprint density at radius 2 is 1.22 bits per heavy atom. The molecule has 0 aromatic rings. The second-order valence-electron chi connectivity index (χ2n) is 9.17. The molecular formula is C20H40N2O3Si2. The molecule has 0 amide bonds. The molecule has 0 spiro atoms. The van der Waals surface area contributed by atoms with Crippen LogP contribution in [0.5, 0.6) is 0 Å². The lowest BCUT2D eigenvalue weighted by Crippen LogP contribution is -2.50. The molecule has 0 aromatic carbocycles. The maximum Gasteiger partial charge on any atom is 0.176 e. The summed E-state index contributed by atoms with van der Waals surface area (Å²) in [5, 5.41) is 8.53. The molecule has 5 nitrogen and oxygen atoms in total. The summed E-state index contributed by atoms with van der Waals surface area (Å²) in [4.78, 5) is 10.5. The van der Waals surface area contributed by atoms with Gasteiger partial charge in [0.25, 0.3) is 0 Å². The molecule has 156 valence electrons. The quantitative estimate of drug-likeness (QED) is 0.365.